The first kappa shape index (κ1) is 26.4. The number of nitrogens with zero attached hydrogens (tertiary/aromatic N) is 3. The predicted octanol–water partition coefficient (Wildman–Crippen LogP) is 6.44. The van der Waals surface area contributed by atoms with Gasteiger partial charge in [0.2, 0.25) is 0 Å². The van der Waals surface area contributed by atoms with Crippen LogP contribution in [0.2, 0.25) is 0 Å². The third-order valence-corrected chi connectivity index (χ3v) is 5.85. The summed E-state index contributed by atoms with van der Waals surface area (Å²) in [5.41, 5.74) is 3.06. The minimum absolute atomic E-state index is 0.119. The van der Waals surface area contributed by atoms with E-state index in [2.05, 4.69) is 58.4 Å². The fourth-order valence-corrected chi connectivity index (χ4v) is 4.07. The standard InChI is InChI=1S/C14H21N3.C13H20N2O/c1-4-6-13-12(3)15-10-16-14(13)17-8-5-7-11(2)9-17;1-3-8-11(4-2)14-13(16)15-12-9-6-5-7-10-12/h4,6,10-11H,5,7-9H2,1-3H3;5-7,9-11H,3-4,8H2,1-2H3,(H2,14,15,16)/b6-4-;. The molecule has 0 aliphatic carbocycles. The number of allylic oxidation sites excluding steroid dienone is 1. The molecule has 1 aliphatic heterocycles. The Labute approximate surface area is 199 Å². The molecule has 3 rings (SSSR count). The van der Waals surface area contributed by atoms with E-state index in [4.69, 9.17) is 0 Å². The van der Waals surface area contributed by atoms with Crippen LogP contribution in [-0.2, 0) is 0 Å². The van der Waals surface area contributed by atoms with Gasteiger partial charge in [0.25, 0.3) is 0 Å². The van der Waals surface area contributed by atoms with Gasteiger partial charge in [0.15, 0.2) is 0 Å². The number of urea groups is 1. The summed E-state index contributed by atoms with van der Waals surface area (Å²) in [6.45, 7) is 12.8. The van der Waals surface area contributed by atoms with Gasteiger partial charge in [-0.2, -0.15) is 0 Å². The number of hydrogen-bond donors (Lipinski definition) is 2. The Kier molecular flexibility index (Phi) is 11.4. The molecule has 2 heterocycles. The zero-order chi connectivity index (χ0) is 24.1. The molecule has 1 fully saturated rings. The van der Waals surface area contributed by atoms with Gasteiger partial charge in [-0.25, -0.2) is 14.8 Å². The van der Waals surface area contributed by atoms with Crippen LogP contribution in [0.1, 0.15) is 71.1 Å². The van der Waals surface area contributed by atoms with Crippen LogP contribution in [0.15, 0.2) is 42.7 Å². The van der Waals surface area contributed by atoms with Crippen molar-refractivity contribution >= 4 is 23.6 Å². The highest BCUT2D eigenvalue weighted by Gasteiger charge is 2.20. The summed E-state index contributed by atoms with van der Waals surface area (Å²) >= 11 is 0. The number of carbonyl (C=O) groups is 1. The Morgan fingerprint density at radius 3 is 2.64 bits per heavy atom. The van der Waals surface area contributed by atoms with Gasteiger partial charge in [0.05, 0.1) is 5.69 Å². The van der Waals surface area contributed by atoms with E-state index in [1.54, 1.807) is 6.33 Å². The molecule has 2 unspecified atom stereocenters. The summed E-state index contributed by atoms with van der Waals surface area (Å²) in [5.74, 6) is 1.86. The Bertz CT molecular complexity index is 868. The van der Waals surface area contributed by atoms with E-state index in [1.807, 2.05) is 44.2 Å². The molecule has 1 aromatic heterocycles. The molecular weight excluding hydrogens is 410 g/mol. The highest BCUT2D eigenvalue weighted by atomic mass is 16.2. The Morgan fingerprint density at radius 1 is 1.24 bits per heavy atom. The van der Waals surface area contributed by atoms with Gasteiger partial charge >= 0.3 is 6.03 Å². The van der Waals surface area contributed by atoms with Crippen LogP contribution in [0.25, 0.3) is 6.08 Å². The zero-order valence-corrected chi connectivity index (χ0v) is 21.0. The largest absolute Gasteiger partial charge is 0.356 e. The minimum atomic E-state index is -0.119. The number of carbonyl (C=O) groups excluding carboxylic acids is 1. The molecular formula is C27H41N5O. The first-order valence-corrected chi connectivity index (χ1v) is 12.3. The number of piperidine rings is 1. The highest BCUT2D eigenvalue weighted by Crippen LogP contribution is 2.26. The predicted molar refractivity (Wildman–Crippen MR) is 140 cm³/mol. The molecule has 1 aliphatic rings. The van der Waals surface area contributed by atoms with Gasteiger partial charge in [0.1, 0.15) is 12.1 Å². The Balaban J connectivity index is 0.000000234. The Hall–Kier alpha value is -2.89. The van der Waals surface area contributed by atoms with Crippen molar-refractivity contribution in [3.05, 3.63) is 54.0 Å². The van der Waals surface area contributed by atoms with Crippen LogP contribution >= 0.6 is 0 Å². The third kappa shape index (κ3) is 8.87. The van der Waals surface area contributed by atoms with Crippen molar-refractivity contribution in [2.75, 3.05) is 23.3 Å². The monoisotopic (exact) mass is 451 g/mol. The quantitative estimate of drug-likeness (QED) is 0.508. The van der Waals surface area contributed by atoms with Gasteiger partial charge in [-0.1, -0.05) is 57.5 Å². The van der Waals surface area contributed by atoms with Crippen molar-refractivity contribution in [2.24, 2.45) is 5.92 Å². The summed E-state index contributed by atoms with van der Waals surface area (Å²) < 4.78 is 0. The van der Waals surface area contributed by atoms with Gasteiger partial charge in [-0.05, 0) is 57.6 Å². The summed E-state index contributed by atoms with van der Waals surface area (Å²) in [6.07, 6.45) is 11.5. The molecule has 0 spiro atoms. The smallest absolute Gasteiger partial charge is 0.319 e. The van der Waals surface area contributed by atoms with Crippen LogP contribution in [0.3, 0.4) is 0 Å². The molecule has 6 heteroatoms. The average Bonchev–Trinajstić information content (AvgIpc) is 2.81. The summed E-state index contributed by atoms with van der Waals surface area (Å²) in [6, 6.07) is 9.63. The average molecular weight is 452 g/mol. The normalized spacial score (nSPS) is 16.6. The lowest BCUT2D eigenvalue weighted by Gasteiger charge is -2.32. The van der Waals surface area contributed by atoms with Gasteiger partial charge in [-0.3, -0.25) is 0 Å². The van der Waals surface area contributed by atoms with Crippen LogP contribution in [-0.4, -0.2) is 35.1 Å². The van der Waals surface area contributed by atoms with E-state index in [1.165, 1.54) is 18.4 Å². The third-order valence-electron chi connectivity index (χ3n) is 5.85. The van der Waals surface area contributed by atoms with E-state index < -0.39 is 0 Å². The summed E-state index contributed by atoms with van der Waals surface area (Å²) in [7, 11) is 0. The van der Waals surface area contributed by atoms with E-state index in [9.17, 15) is 4.79 Å². The van der Waals surface area contributed by atoms with Gasteiger partial charge < -0.3 is 15.5 Å². The number of aromatic nitrogens is 2. The van der Waals surface area contributed by atoms with Crippen LogP contribution in [0.4, 0.5) is 16.3 Å². The van der Waals surface area contributed by atoms with E-state index in [0.717, 1.165) is 55.5 Å². The number of benzene rings is 1. The van der Waals surface area contributed by atoms with E-state index in [-0.39, 0.29) is 12.1 Å². The Morgan fingerprint density at radius 2 is 2.00 bits per heavy atom. The van der Waals surface area contributed by atoms with Gasteiger partial charge in [-0.15, -0.1) is 0 Å². The molecule has 0 bridgehead atoms. The molecule has 0 radical (unpaired) electrons. The molecule has 0 saturated carbocycles. The maximum Gasteiger partial charge on any atom is 0.319 e. The maximum atomic E-state index is 11.6. The lowest BCUT2D eigenvalue weighted by atomic mass is 10.00. The van der Waals surface area contributed by atoms with Gasteiger partial charge in [0, 0.05) is 30.4 Å². The van der Waals surface area contributed by atoms with Crippen LogP contribution in [0, 0.1) is 12.8 Å². The van der Waals surface area contributed by atoms with Crippen molar-refractivity contribution in [1.82, 2.24) is 15.3 Å². The second-order valence-corrected chi connectivity index (χ2v) is 8.75. The van der Waals surface area contributed by atoms with Crippen molar-refractivity contribution in [1.29, 1.82) is 0 Å². The first-order valence-electron chi connectivity index (χ1n) is 12.3. The van der Waals surface area contributed by atoms with E-state index >= 15 is 0 Å². The number of hydrogen-bond acceptors (Lipinski definition) is 4. The molecule has 1 aromatic carbocycles. The maximum absolute atomic E-state index is 11.6. The minimum Gasteiger partial charge on any atom is -0.356 e. The molecule has 2 N–H and O–H groups in total. The molecule has 180 valence electrons. The van der Waals surface area contributed by atoms with Crippen LogP contribution < -0.4 is 15.5 Å². The lowest BCUT2D eigenvalue weighted by Crippen LogP contribution is -2.37. The number of rotatable bonds is 7. The highest BCUT2D eigenvalue weighted by molar-refractivity contribution is 5.89. The number of nitrogens with one attached hydrogen (secondary N) is 2. The second-order valence-electron chi connectivity index (χ2n) is 8.75. The summed E-state index contributed by atoms with van der Waals surface area (Å²) in [5, 5.41) is 5.78. The topological polar surface area (TPSA) is 70.2 Å². The molecule has 6 nitrogen and oxygen atoms in total. The molecule has 1 saturated heterocycles. The van der Waals surface area contributed by atoms with Crippen molar-refractivity contribution < 1.29 is 4.79 Å². The van der Waals surface area contributed by atoms with E-state index in [0.29, 0.717) is 0 Å². The number of para-hydroxylation sites is 1. The zero-order valence-electron chi connectivity index (χ0n) is 21.0. The first-order chi connectivity index (χ1) is 16.0. The number of anilines is 2. The van der Waals surface area contributed by atoms with Crippen molar-refractivity contribution in [3.63, 3.8) is 0 Å². The lowest BCUT2D eigenvalue weighted by molar-refractivity contribution is 0.247. The fourth-order valence-electron chi connectivity index (χ4n) is 4.07. The fraction of sp³-hybridized carbons (Fsp3) is 0.519. The molecule has 33 heavy (non-hydrogen) atoms. The number of aryl methyl sites for hydroxylation is 1. The second kappa shape index (κ2) is 14.3. The van der Waals surface area contributed by atoms with Crippen molar-refractivity contribution in [2.45, 2.75) is 72.8 Å². The van der Waals surface area contributed by atoms with Crippen molar-refractivity contribution in [3.8, 4) is 0 Å². The molecule has 2 aromatic rings. The molecule has 2 amide bonds. The molecule has 2 atom stereocenters. The number of amides is 2. The summed E-state index contributed by atoms with van der Waals surface area (Å²) in [4.78, 5) is 22.8. The van der Waals surface area contributed by atoms with Crippen LogP contribution in [0.5, 0.6) is 0 Å². The SMILES string of the molecule is C/C=C\c1c(C)ncnc1N1CCCC(C)C1.CCCC(CC)NC(=O)Nc1ccccc1.